The Morgan fingerprint density at radius 1 is 1.19 bits per heavy atom. The molecule has 1 aliphatic carbocycles. The van der Waals surface area contributed by atoms with Crippen molar-refractivity contribution in [2.24, 2.45) is 7.05 Å². The number of nitrogens with two attached hydrogens (primary N) is 1. The van der Waals surface area contributed by atoms with Crippen molar-refractivity contribution in [3.8, 4) is 0 Å². The Morgan fingerprint density at radius 3 is 2.54 bits per heavy atom. The van der Waals surface area contributed by atoms with E-state index in [0.717, 1.165) is 27.1 Å². The fourth-order valence-electron chi connectivity index (χ4n) is 4.73. The molecule has 0 spiro atoms. The number of hydrogen-bond donors (Lipinski definition) is 2. The first-order valence-electron chi connectivity index (χ1n) is 12.1. The Hall–Kier alpha value is -4.09. The molecule has 1 saturated carbocycles. The normalized spacial score (nSPS) is 20.1. The lowest BCUT2D eigenvalue weighted by Gasteiger charge is -2.26. The molecule has 10 nitrogen and oxygen atoms in total. The van der Waals surface area contributed by atoms with Gasteiger partial charge in [0.2, 0.25) is 17.8 Å². The average molecular weight is 512 g/mol. The van der Waals surface area contributed by atoms with Gasteiger partial charge in [0.05, 0.1) is 24.7 Å². The Labute approximate surface area is 211 Å². The number of alkyl halides is 1. The summed E-state index contributed by atoms with van der Waals surface area (Å²) in [7, 11) is 1.39. The second-order valence-electron chi connectivity index (χ2n) is 9.51. The lowest BCUT2D eigenvalue weighted by atomic mass is 10.0. The van der Waals surface area contributed by atoms with Gasteiger partial charge < -0.3 is 16.1 Å². The highest BCUT2D eigenvalue weighted by molar-refractivity contribution is 5.89. The Kier molecular flexibility index (Phi) is 6.48. The Balaban J connectivity index is 1.38. The van der Waals surface area contributed by atoms with E-state index in [9.17, 15) is 23.2 Å². The van der Waals surface area contributed by atoms with Gasteiger partial charge in [-0.3, -0.25) is 9.59 Å². The molecule has 3 atom stereocenters. The first-order valence-corrected chi connectivity index (χ1v) is 12.1. The van der Waals surface area contributed by atoms with Crippen LogP contribution < -0.4 is 16.8 Å². The minimum atomic E-state index is -1.41. The molecule has 194 valence electrons. The van der Waals surface area contributed by atoms with Crippen molar-refractivity contribution in [2.75, 3.05) is 12.4 Å². The summed E-state index contributed by atoms with van der Waals surface area (Å²) < 4.78 is 31.0. The van der Waals surface area contributed by atoms with Gasteiger partial charge in [0, 0.05) is 19.0 Å². The van der Waals surface area contributed by atoms with Crippen LogP contribution in [0.3, 0.4) is 0 Å². The molecule has 5 rings (SSSR count). The van der Waals surface area contributed by atoms with Crippen LogP contribution in [-0.4, -0.2) is 54.9 Å². The topological polar surface area (TPSA) is 128 Å². The van der Waals surface area contributed by atoms with E-state index in [0.29, 0.717) is 16.8 Å². The van der Waals surface area contributed by atoms with Crippen molar-refractivity contribution in [2.45, 2.75) is 49.9 Å². The zero-order chi connectivity index (χ0) is 26.3. The van der Waals surface area contributed by atoms with Crippen molar-refractivity contribution in [3.63, 3.8) is 0 Å². The standard InChI is InChI=1S/C25H27F2N7O3/c1-32-25(37)34(28)20(31-32)12-21(35)33-13-16(26)11-19(33)24(36)30-22(15-5-3-2-4-6-15)18-10-9-17(14-7-8-14)23(27)29-18/h2-6,9-10,14,16,19,22H,7-8,11-13,28H2,1H3,(H,30,36)/t16-,19+,22+/m1/s1. The molecule has 1 aromatic carbocycles. The average Bonchev–Trinajstić information content (AvgIpc) is 3.61. The third-order valence-electron chi connectivity index (χ3n) is 6.84. The summed E-state index contributed by atoms with van der Waals surface area (Å²) >= 11 is 0. The number of nitrogens with one attached hydrogen (secondary N) is 1. The summed E-state index contributed by atoms with van der Waals surface area (Å²) in [6, 6.07) is 10.4. The number of aryl methyl sites for hydroxylation is 1. The molecule has 37 heavy (non-hydrogen) atoms. The minimum Gasteiger partial charge on any atom is -0.342 e. The number of carbonyl (C=O) groups is 2. The highest BCUT2D eigenvalue weighted by Crippen LogP contribution is 2.41. The first-order chi connectivity index (χ1) is 17.7. The maximum Gasteiger partial charge on any atom is 0.364 e. The van der Waals surface area contributed by atoms with E-state index in [1.807, 2.05) is 6.07 Å². The molecular formula is C25H27F2N7O3. The number of hydrogen-bond acceptors (Lipinski definition) is 6. The summed E-state index contributed by atoms with van der Waals surface area (Å²) in [5, 5.41) is 6.78. The van der Waals surface area contributed by atoms with E-state index >= 15 is 0 Å². The third-order valence-corrected chi connectivity index (χ3v) is 6.84. The smallest absolute Gasteiger partial charge is 0.342 e. The monoisotopic (exact) mass is 511 g/mol. The van der Waals surface area contributed by atoms with Gasteiger partial charge in [0.15, 0.2) is 5.82 Å². The zero-order valence-electron chi connectivity index (χ0n) is 20.2. The van der Waals surface area contributed by atoms with Gasteiger partial charge in [-0.25, -0.2) is 18.9 Å². The predicted octanol–water partition coefficient (Wildman–Crippen LogP) is 1.09. The molecule has 12 heteroatoms. The highest BCUT2D eigenvalue weighted by Gasteiger charge is 2.41. The van der Waals surface area contributed by atoms with Crippen molar-refractivity contribution in [1.82, 2.24) is 29.7 Å². The van der Waals surface area contributed by atoms with Crippen LogP contribution >= 0.6 is 0 Å². The Bertz CT molecular complexity index is 1390. The van der Waals surface area contributed by atoms with Crippen LogP contribution in [0.15, 0.2) is 47.3 Å². The molecule has 0 radical (unpaired) electrons. The van der Waals surface area contributed by atoms with Crippen LogP contribution in [0.25, 0.3) is 0 Å². The van der Waals surface area contributed by atoms with Crippen molar-refractivity contribution >= 4 is 11.8 Å². The molecular weight excluding hydrogens is 484 g/mol. The van der Waals surface area contributed by atoms with Crippen LogP contribution in [0.4, 0.5) is 8.78 Å². The second-order valence-corrected chi connectivity index (χ2v) is 9.51. The predicted molar refractivity (Wildman–Crippen MR) is 129 cm³/mol. The van der Waals surface area contributed by atoms with Crippen LogP contribution in [-0.2, 0) is 23.1 Å². The zero-order valence-corrected chi connectivity index (χ0v) is 20.2. The number of rotatable bonds is 7. The maximum absolute atomic E-state index is 14.8. The highest BCUT2D eigenvalue weighted by atomic mass is 19.1. The number of aromatic nitrogens is 4. The lowest BCUT2D eigenvalue weighted by Crippen LogP contribution is -2.48. The van der Waals surface area contributed by atoms with Crippen molar-refractivity contribution in [3.05, 3.63) is 81.5 Å². The molecule has 0 unspecified atom stereocenters. The summed E-state index contributed by atoms with van der Waals surface area (Å²) in [4.78, 5) is 43.6. The fourth-order valence-corrected chi connectivity index (χ4v) is 4.73. The molecule has 1 saturated heterocycles. The number of nitrogen functional groups attached to an aromatic ring is 1. The largest absolute Gasteiger partial charge is 0.364 e. The molecule has 3 aromatic rings. The lowest BCUT2D eigenvalue weighted by molar-refractivity contribution is -0.138. The second kappa shape index (κ2) is 9.75. The summed E-state index contributed by atoms with van der Waals surface area (Å²) in [6.07, 6.45) is -0.136. The fraction of sp³-hybridized carbons (Fsp3) is 0.400. The van der Waals surface area contributed by atoms with Crippen molar-refractivity contribution in [1.29, 1.82) is 0 Å². The maximum atomic E-state index is 14.8. The van der Waals surface area contributed by atoms with E-state index in [4.69, 9.17) is 5.84 Å². The van der Waals surface area contributed by atoms with Crippen molar-refractivity contribution < 1.29 is 18.4 Å². The van der Waals surface area contributed by atoms with Crippen LogP contribution in [0.1, 0.15) is 53.9 Å². The van der Waals surface area contributed by atoms with E-state index in [2.05, 4.69) is 15.4 Å². The quantitative estimate of drug-likeness (QED) is 0.361. The van der Waals surface area contributed by atoms with Gasteiger partial charge in [0.1, 0.15) is 12.2 Å². The number of pyridine rings is 1. The third kappa shape index (κ3) is 4.95. The van der Waals surface area contributed by atoms with Gasteiger partial charge in [-0.15, -0.1) is 0 Å². The van der Waals surface area contributed by atoms with E-state index < -0.39 is 41.7 Å². The number of halogens is 2. The summed E-state index contributed by atoms with van der Waals surface area (Å²) in [5.41, 5.74) is 0.910. The molecule has 2 aromatic heterocycles. The number of benzene rings is 1. The number of amides is 2. The van der Waals surface area contributed by atoms with Gasteiger partial charge in [-0.1, -0.05) is 36.4 Å². The van der Waals surface area contributed by atoms with Gasteiger partial charge in [-0.2, -0.15) is 14.2 Å². The molecule has 3 heterocycles. The molecule has 2 fully saturated rings. The van der Waals surface area contributed by atoms with Crippen LogP contribution in [0.5, 0.6) is 0 Å². The minimum absolute atomic E-state index is 0.00319. The van der Waals surface area contributed by atoms with Gasteiger partial charge in [-0.05, 0) is 30.4 Å². The molecule has 1 aliphatic heterocycles. The number of carbonyl (C=O) groups excluding carboxylic acids is 2. The van der Waals surface area contributed by atoms with E-state index in [-0.39, 0.29) is 31.1 Å². The SMILES string of the molecule is Cn1nc(CC(=O)N2C[C@H](F)C[C@H]2C(=O)N[C@@H](c2ccccc2)c2ccc(C3CC3)c(F)n2)n(N)c1=O. The molecule has 0 bridgehead atoms. The van der Waals surface area contributed by atoms with Crippen LogP contribution in [0, 0.1) is 5.95 Å². The Morgan fingerprint density at radius 2 is 1.92 bits per heavy atom. The first kappa shape index (κ1) is 24.6. The molecule has 2 amide bonds. The van der Waals surface area contributed by atoms with Gasteiger partial charge in [0.25, 0.3) is 0 Å². The van der Waals surface area contributed by atoms with Gasteiger partial charge >= 0.3 is 5.69 Å². The summed E-state index contributed by atoms with van der Waals surface area (Å²) in [5.74, 6) is 4.09. The van der Waals surface area contributed by atoms with E-state index in [1.165, 1.54) is 7.05 Å². The van der Waals surface area contributed by atoms with Crippen LogP contribution in [0.2, 0.25) is 0 Å². The summed E-state index contributed by atoms with van der Waals surface area (Å²) in [6.45, 7) is -0.280. The molecule has 3 N–H and O–H groups in total. The number of likely N-dealkylation sites (tertiary alicyclic amines) is 1. The number of nitrogens with zero attached hydrogens (tertiary/aromatic N) is 5. The molecule has 2 aliphatic rings. The van der Waals surface area contributed by atoms with E-state index in [1.54, 1.807) is 36.4 Å².